The van der Waals surface area contributed by atoms with Gasteiger partial charge in [0.05, 0.1) is 0 Å². The van der Waals surface area contributed by atoms with Gasteiger partial charge in [-0.05, 0) is 39.4 Å². The molecule has 0 amide bonds. The van der Waals surface area contributed by atoms with Crippen LogP contribution in [-0.4, -0.2) is 44.8 Å². The van der Waals surface area contributed by atoms with Crippen molar-refractivity contribution in [3.8, 4) is 0 Å². The summed E-state index contributed by atoms with van der Waals surface area (Å²) in [6.07, 6.45) is 9.08. The molecule has 0 bridgehead atoms. The first-order chi connectivity index (χ1) is 9.10. The summed E-state index contributed by atoms with van der Waals surface area (Å²) in [7, 11) is 4.32. The zero-order valence-corrected chi connectivity index (χ0v) is 19.1. The first-order valence-electron chi connectivity index (χ1n) is 8.08. The van der Waals surface area contributed by atoms with E-state index in [0.717, 1.165) is 19.0 Å². The van der Waals surface area contributed by atoms with Gasteiger partial charge in [-0.15, -0.1) is 6.92 Å². The van der Waals surface area contributed by atoms with Gasteiger partial charge in [-0.1, -0.05) is 39.5 Å². The summed E-state index contributed by atoms with van der Waals surface area (Å²) >= 11 is 0. The molecule has 21 heavy (non-hydrogen) atoms. The fourth-order valence-corrected chi connectivity index (χ4v) is 2.58. The Morgan fingerprint density at radius 3 is 1.90 bits per heavy atom. The van der Waals surface area contributed by atoms with E-state index in [2.05, 4.69) is 29.6 Å². The quantitative estimate of drug-likeness (QED) is 0.501. The zero-order valence-electron chi connectivity index (χ0n) is 15.4. The molecule has 1 radical (unpaired) electrons. The Morgan fingerprint density at radius 2 is 1.52 bits per heavy atom. The smallest absolute Gasteiger partial charge is 0 e. The largest absolute Gasteiger partial charge is 0.678 e. The minimum atomic E-state index is 0. The molecule has 1 rings (SSSR count). The van der Waals surface area contributed by atoms with Crippen LogP contribution < -0.4 is 0 Å². The molecule has 1 aliphatic carbocycles. The second-order valence-electron chi connectivity index (χ2n) is 5.73. The molecule has 3 nitrogen and oxygen atoms in total. The maximum Gasteiger partial charge on any atom is 0 e. The van der Waals surface area contributed by atoms with Gasteiger partial charge >= 0.3 is 0 Å². The van der Waals surface area contributed by atoms with Gasteiger partial charge in [-0.25, -0.2) is 6.17 Å². The second-order valence-corrected chi connectivity index (χ2v) is 5.73. The molecule has 0 aliphatic heterocycles. The first kappa shape index (κ1) is 26.9. The predicted octanol–water partition coefficient (Wildman–Crippen LogP) is 5.09. The van der Waals surface area contributed by atoms with Gasteiger partial charge in [-0.2, -0.15) is 13.1 Å². The molecule has 127 valence electrons. The van der Waals surface area contributed by atoms with Crippen LogP contribution in [-0.2, 0) is 0 Å². The molecule has 0 atom stereocenters. The molecule has 1 aliphatic rings. The summed E-state index contributed by atoms with van der Waals surface area (Å²) in [5, 5.41) is 8.30. The maximum absolute atomic E-state index is 4.15. The monoisotopic (exact) mass is 423 g/mol. The van der Waals surface area contributed by atoms with Gasteiger partial charge in [0.15, 0.2) is 0 Å². The van der Waals surface area contributed by atoms with Gasteiger partial charge in [-0.3, -0.25) is 0 Å². The fraction of sp³-hybridized carbons (Fsp3) is 0.941. The Balaban J connectivity index is -0.000000295. The molecule has 0 N–H and O–H groups in total. The van der Waals surface area contributed by atoms with E-state index >= 15 is 0 Å². The molecule has 1 fully saturated rings. The third-order valence-corrected chi connectivity index (χ3v) is 3.59. The third kappa shape index (κ3) is 19.0. The Bertz CT molecular complexity index is 177. The van der Waals surface area contributed by atoms with Crippen LogP contribution in [0.1, 0.15) is 59.3 Å². The van der Waals surface area contributed by atoms with E-state index in [1.807, 2.05) is 20.8 Å². The number of hydrogen-bond acceptors (Lipinski definition) is 1. The number of nitrogens with zero attached hydrogens (tertiary/aromatic N) is 3. The van der Waals surface area contributed by atoms with Gasteiger partial charge in [0.25, 0.3) is 0 Å². The Hall–Kier alpha value is 1.07. The van der Waals surface area contributed by atoms with Crippen LogP contribution in [0.15, 0.2) is 0 Å². The Labute approximate surface area is 163 Å². The van der Waals surface area contributed by atoms with Gasteiger partial charge in [0.1, 0.15) is 0 Å². The van der Waals surface area contributed by atoms with Gasteiger partial charge in [0, 0.05) is 35.6 Å². The molecule has 0 saturated heterocycles. The van der Waals surface area contributed by atoms with Crippen LogP contribution in [0.2, 0.25) is 0 Å². The van der Waals surface area contributed by atoms with Gasteiger partial charge in [0.2, 0.25) is 0 Å². The van der Waals surface area contributed by atoms with Crippen molar-refractivity contribution in [3.05, 3.63) is 18.1 Å². The van der Waals surface area contributed by atoms with Gasteiger partial charge < -0.3 is 23.0 Å². The van der Waals surface area contributed by atoms with Crippen molar-refractivity contribution >= 4 is 0 Å². The summed E-state index contributed by atoms with van der Waals surface area (Å²) in [5.74, 6) is 1.08. The van der Waals surface area contributed by atoms with Crippen LogP contribution in [0.3, 0.4) is 0 Å². The molecule has 0 heterocycles. The van der Waals surface area contributed by atoms with E-state index < -0.39 is 0 Å². The molecule has 0 aromatic carbocycles. The molecule has 0 unspecified atom stereocenters. The molecule has 1 saturated carbocycles. The normalized spacial score (nSPS) is 14.4. The SMILES string of the molecule is CC[N-]C(C)[N-]CC.CN(C)CCCC1CCCC1.[CH3-].[La]. The van der Waals surface area contributed by atoms with E-state index in [9.17, 15) is 0 Å². The third-order valence-electron chi connectivity index (χ3n) is 3.59. The average molecular weight is 423 g/mol. The molecular formula is C17H38LaN3-3. The number of rotatable bonds is 8. The fourth-order valence-electron chi connectivity index (χ4n) is 2.58. The van der Waals surface area contributed by atoms with Crippen LogP contribution >= 0.6 is 0 Å². The van der Waals surface area contributed by atoms with E-state index in [1.165, 1.54) is 45.1 Å². The zero-order chi connectivity index (χ0) is 14.5. The molecular weight excluding hydrogens is 385 g/mol. The van der Waals surface area contributed by atoms with Crippen molar-refractivity contribution in [2.75, 3.05) is 33.7 Å². The molecule has 0 spiro atoms. The average Bonchev–Trinajstić information content (AvgIpc) is 2.83. The topological polar surface area (TPSA) is 31.4 Å². The Morgan fingerprint density at radius 1 is 1.05 bits per heavy atom. The first-order valence-corrected chi connectivity index (χ1v) is 8.08. The number of hydrogen-bond donors (Lipinski definition) is 0. The summed E-state index contributed by atoms with van der Waals surface area (Å²) in [4.78, 5) is 2.29. The van der Waals surface area contributed by atoms with Crippen molar-refractivity contribution < 1.29 is 35.6 Å². The van der Waals surface area contributed by atoms with Crippen LogP contribution in [0, 0.1) is 48.9 Å². The Kier molecular flexibility index (Phi) is 24.5. The van der Waals surface area contributed by atoms with Crippen molar-refractivity contribution in [2.45, 2.75) is 65.5 Å². The van der Waals surface area contributed by atoms with Crippen molar-refractivity contribution in [1.82, 2.24) is 4.90 Å². The van der Waals surface area contributed by atoms with Crippen molar-refractivity contribution in [3.63, 3.8) is 0 Å². The summed E-state index contributed by atoms with van der Waals surface area (Å²) in [6.45, 7) is 9.10. The summed E-state index contributed by atoms with van der Waals surface area (Å²) < 4.78 is 0. The van der Waals surface area contributed by atoms with Crippen molar-refractivity contribution in [2.24, 2.45) is 5.92 Å². The standard InChI is InChI=1S/C10H21N.C6H14N2.CH3.La/c1-11(2)9-5-8-10-6-3-4-7-10;1-4-7-6(3)8-5-2;;/h10H,3-9H2,1-2H3;6H,4-5H2,1-3H3;1H3;/q;-2;-1;. The minimum absolute atomic E-state index is 0. The molecule has 0 aromatic heterocycles. The maximum atomic E-state index is 4.15. The summed E-state index contributed by atoms with van der Waals surface area (Å²) in [5.41, 5.74) is 0. The van der Waals surface area contributed by atoms with E-state index in [1.54, 1.807) is 0 Å². The minimum Gasteiger partial charge on any atom is -0.678 e. The van der Waals surface area contributed by atoms with Crippen LogP contribution in [0.5, 0.6) is 0 Å². The predicted molar refractivity (Wildman–Crippen MR) is 93.4 cm³/mol. The summed E-state index contributed by atoms with van der Waals surface area (Å²) in [6, 6.07) is 0. The van der Waals surface area contributed by atoms with Crippen LogP contribution in [0.4, 0.5) is 0 Å². The van der Waals surface area contributed by atoms with Crippen LogP contribution in [0.25, 0.3) is 10.6 Å². The van der Waals surface area contributed by atoms with E-state index in [0.29, 0.717) is 0 Å². The van der Waals surface area contributed by atoms with Crippen molar-refractivity contribution in [1.29, 1.82) is 0 Å². The van der Waals surface area contributed by atoms with E-state index in [4.69, 9.17) is 0 Å². The molecule has 0 aromatic rings. The molecule has 4 heteroatoms. The van der Waals surface area contributed by atoms with E-state index in [-0.39, 0.29) is 49.2 Å². The second kappa shape index (κ2) is 19.1.